The van der Waals surface area contributed by atoms with Crippen LogP contribution in [0.25, 0.3) is 0 Å². The summed E-state index contributed by atoms with van der Waals surface area (Å²) in [6.45, 7) is 2.07. The van der Waals surface area contributed by atoms with E-state index in [2.05, 4.69) is 17.2 Å². The highest BCUT2D eigenvalue weighted by atomic mass is 16.5. The van der Waals surface area contributed by atoms with Crippen LogP contribution in [0.15, 0.2) is 42.7 Å². The highest BCUT2D eigenvalue weighted by Crippen LogP contribution is 2.31. The molecule has 2 aromatic rings. The normalized spacial score (nSPS) is 11.9. The maximum Gasteiger partial charge on any atom is 0.143 e. The molecule has 0 saturated heterocycles. The number of nitrogen functional groups attached to an aromatic ring is 1. The first kappa shape index (κ1) is 12.2. The Bertz CT molecular complexity index is 514. The monoisotopic (exact) mass is 243 g/mol. The van der Waals surface area contributed by atoms with Gasteiger partial charge in [0.1, 0.15) is 5.75 Å². The van der Waals surface area contributed by atoms with E-state index < -0.39 is 0 Å². The van der Waals surface area contributed by atoms with Gasteiger partial charge in [0.25, 0.3) is 0 Å². The summed E-state index contributed by atoms with van der Waals surface area (Å²) in [5, 5.41) is 3.36. The maximum atomic E-state index is 6.02. The Labute approximate surface area is 107 Å². The van der Waals surface area contributed by atoms with Crippen LogP contribution < -0.4 is 15.8 Å². The van der Waals surface area contributed by atoms with E-state index in [0.29, 0.717) is 11.4 Å². The fraction of sp³-hybridized carbons (Fsp3) is 0.214. The highest BCUT2D eigenvalue weighted by molar-refractivity contribution is 5.73. The third-order valence-corrected chi connectivity index (χ3v) is 2.84. The SMILES string of the molecule is COc1cccc(NC(C)c2cccnc2)c1N. The average molecular weight is 243 g/mol. The van der Waals surface area contributed by atoms with Crippen molar-refractivity contribution in [1.29, 1.82) is 0 Å². The first-order chi connectivity index (χ1) is 8.72. The molecule has 0 aliphatic carbocycles. The van der Waals surface area contributed by atoms with Gasteiger partial charge in [-0.1, -0.05) is 12.1 Å². The van der Waals surface area contributed by atoms with Crippen molar-refractivity contribution in [3.8, 4) is 5.75 Å². The molecule has 0 bridgehead atoms. The number of hydrogen-bond acceptors (Lipinski definition) is 4. The van der Waals surface area contributed by atoms with Crippen LogP contribution in [-0.4, -0.2) is 12.1 Å². The van der Waals surface area contributed by atoms with E-state index in [4.69, 9.17) is 10.5 Å². The Hall–Kier alpha value is -2.23. The van der Waals surface area contributed by atoms with Gasteiger partial charge in [-0.25, -0.2) is 0 Å². The molecule has 4 heteroatoms. The molecule has 3 N–H and O–H groups in total. The Kier molecular flexibility index (Phi) is 3.67. The van der Waals surface area contributed by atoms with Gasteiger partial charge in [0.05, 0.1) is 24.5 Å². The molecule has 2 rings (SSSR count). The van der Waals surface area contributed by atoms with Crippen LogP contribution >= 0.6 is 0 Å². The van der Waals surface area contributed by atoms with Gasteiger partial charge in [-0.15, -0.1) is 0 Å². The van der Waals surface area contributed by atoms with Crippen molar-refractivity contribution in [1.82, 2.24) is 4.98 Å². The van der Waals surface area contributed by atoms with Crippen LogP contribution in [-0.2, 0) is 0 Å². The smallest absolute Gasteiger partial charge is 0.143 e. The lowest BCUT2D eigenvalue weighted by Gasteiger charge is -2.18. The fourth-order valence-electron chi connectivity index (χ4n) is 1.80. The molecule has 18 heavy (non-hydrogen) atoms. The van der Waals surface area contributed by atoms with Crippen LogP contribution in [0.5, 0.6) is 5.75 Å². The minimum atomic E-state index is 0.133. The summed E-state index contributed by atoms with van der Waals surface area (Å²) in [6, 6.07) is 9.77. The predicted octanol–water partition coefficient (Wildman–Crippen LogP) is 2.85. The number of ether oxygens (including phenoxy) is 1. The number of benzene rings is 1. The standard InChI is InChI=1S/C14H17N3O/c1-10(11-5-4-8-16-9-11)17-12-6-3-7-13(18-2)14(12)15/h3-10,17H,15H2,1-2H3. The van der Waals surface area contributed by atoms with Crippen LogP contribution in [0.4, 0.5) is 11.4 Å². The van der Waals surface area contributed by atoms with Gasteiger partial charge in [0.2, 0.25) is 0 Å². The van der Waals surface area contributed by atoms with E-state index in [1.165, 1.54) is 0 Å². The van der Waals surface area contributed by atoms with Crippen molar-refractivity contribution < 1.29 is 4.74 Å². The Morgan fingerprint density at radius 1 is 1.28 bits per heavy atom. The van der Waals surface area contributed by atoms with Crippen LogP contribution in [0.1, 0.15) is 18.5 Å². The molecule has 0 spiro atoms. The number of hydrogen-bond donors (Lipinski definition) is 2. The molecule has 1 aromatic heterocycles. The molecular weight excluding hydrogens is 226 g/mol. The second-order valence-electron chi connectivity index (χ2n) is 4.07. The molecule has 1 heterocycles. The van der Waals surface area contributed by atoms with Gasteiger partial charge < -0.3 is 15.8 Å². The Balaban J connectivity index is 2.19. The number of anilines is 2. The number of nitrogens with one attached hydrogen (secondary N) is 1. The summed E-state index contributed by atoms with van der Waals surface area (Å²) in [5.41, 5.74) is 8.62. The Morgan fingerprint density at radius 3 is 2.78 bits per heavy atom. The lowest BCUT2D eigenvalue weighted by molar-refractivity contribution is 0.417. The number of nitrogens with zero attached hydrogens (tertiary/aromatic N) is 1. The molecule has 4 nitrogen and oxygen atoms in total. The van der Waals surface area contributed by atoms with E-state index in [9.17, 15) is 0 Å². The molecule has 0 saturated carbocycles. The van der Waals surface area contributed by atoms with E-state index in [1.54, 1.807) is 13.3 Å². The molecule has 1 atom stereocenters. The zero-order chi connectivity index (χ0) is 13.0. The topological polar surface area (TPSA) is 60.2 Å². The van der Waals surface area contributed by atoms with Gasteiger partial charge in [0.15, 0.2) is 0 Å². The molecule has 0 aliphatic heterocycles. The predicted molar refractivity (Wildman–Crippen MR) is 73.7 cm³/mol. The molecule has 0 radical (unpaired) electrons. The summed E-state index contributed by atoms with van der Waals surface area (Å²) >= 11 is 0. The van der Waals surface area contributed by atoms with Crippen molar-refractivity contribution in [3.63, 3.8) is 0 Å². The average Bonchev–Trinajstić information content (AvgIpc) is 2.42. The summed E-state index contributed by atoms with van der Waals surface area (Å²) in [6.07, 6.45) is 3.60. The van der Waals surface area contributed by atoms with Crippen LogP contribution in [0.2, 0.25) is 0 Å². The van der Waals surface area contributed by atoms with Gasteiger partial charge in [0, 0.05) is 12.4 Å². The molecule has 1 aromatic carbocycles. The van der Waals surface area contributed by atoms with E-state index >= 15 is 0 Å². The van der Waals surface area contributed by atoms with Gasteiger partial charge in [-0.3, -0.25) is 4.98 Å². The van der Waals surface area contributed by atoms with Crippen molar-refractivity contribution in [3.05, 3.63) is 48.3 Å². The second-order valence-corrected chi connectivity index (χ2v) is 4.07. The third kappa shape index (κ3) is 2.53. The minimum Gasteiger partial charge on any atom is -0.495 e. The van der Waals surface area contributed by atoms with Crippen molar-refractivity contribution in [2.24, 2.45) is 0 Å². The minimum absolute atomic E-state index is 0.133. The third-order valence-electron chi connectivity index (χ3n) is 2.84. The van der Waals surface area contributed by atoms with Crippen molar-refractivity contribution in [2.45, 2.75) is 13.0 Å². The first-order valence-electron chi connectivity index (χ1n) is 5.81. The highest BCUT2D eigenvalue weighted by Gasteiger charge is 2.09. The fourth-order valence-corrected chi connectivity index (χ4v) is 1.80. The molecule has 0 aliphatic rings. The number of para-hydroxylation sites is 1. The molecule has 0 amide bonds. The number of methoxy groups -OCH3 is 1. The summed E-state index contributed by atoms with van der Waals surface area (Å²) < 4.78 is 5.20. The summed E-state index contributed by atoms with van der Waals surface area (Å²) in [5.74, 6) is 0.679. The molecule has 1 unspecified atom stereocenters. The molecular formula is C14H17N3O. The van der Waals surface area contributed by atoms with E-state index in [-0.39, 0.29) is 6.04 Å². The van der Waals surface area contributed by atoms with Crippen LogP contribution in [0.3, 0.4) is 0 Å². The summed E-state index contributed by atoms with van der Waals surface area (Å²) in [7, 11) is 1.61. The van der Waals surface area contributed by atoms with Crippen LogP contribution in [0, 0.1) is 0 Å². The zero-order valence-corrected chi connectivity index (χ0v) is 10.6. The number of rotatable bonds is 4. The summed E-state index contributed by atoms with van der Waals surface area (Å²) in [4.78, 5) is 4.11. The van der Waals surface area contributed by atoms with Gasteiger partial charge in [-0.2, -0.15) is 0 Å². The quantitative estimate of drug-likeness (QED) is 0.811. The Morgan fingerprint density at radius 2 is 2.11 bits per heavy atom. The molecule has 94 valence electrons. The van der Waals surface area contributed by atoms with Crippen molar-refractivity contribution in [2.75, 3.05) is 18.2 Å². The van der Waals surface area contributed by atoms with Gasteiger partial charge >= 0.3 is 0 Å². The largest absolute Gasteiger partial charge is 0.495 e. The van der Waals surface area contributed by atoms with Crippen molar-refractivity contribution >= 4 is 11.4 Å². The second kappa shape index (κ2) is 5.40. The number of aromatic nitrogens is 1. The first-order valence-corrected chi connectivity index (χ1v) is 5.81. The number of pyridine rings is 1. The maximum absolute atomic E-state index is 6.02. The van der Waals surface area contributed by atoms with E-state index in [1.807, 2.05) is 36.5 Å². The lowest BCUT2D eigenvalue weighted by Crippen LogP contribution is -2.09. The molecule has 0 fully saturated rings. The van der Waals surface area contributed by atoms with E-state index in [0.717, 1.165) is 11.3 Å². The number of nitrogens with two attached hydrogens (primary N) is 1. The lowest BCUT2D eigenvalue weighted by atomic mass is 10.1. The zero-order valence-electron chi connectivity index (χ0n) is 10.6. The van der Waals surface area contributed by atoms with Gasteiger partial charge in [-0.05, 0) is 30.7 Å².